The Labute approximate surface area is 116 Å². The van der Waals surface area contributed by atoms with Gasteiger partial charge in [0.2, 0.25) is 0 Å². The second-order valence-electron chi connectivity index (χ2n) is 4.35. The lowest BCUT2D eigenvalue weighted by Gasteiger charge is -2.23. The van der Waals surface area contributed by atoms with Crippen LogP contribution in [0.2, 0.25) is 5.02 Å². The molecule has 1 aromatic carbocycles. The molecule has 0 bridgehead atoms. The van der Waals surface area contributed by atoms with Crippen molar-refractivity contribution in [2.24, 2.45) is 0 Å². The summed E-state index contributed by atoms with van der Waals surface area (Å²) in [7, 11) is 0. The van der Waals surface area contributed by atoms with E-state index in [2.05, 4.69) is 10.6 Å². The summed E-state index contributed by atoms with van der Waals surface area (Å²) in [6.07, 6.45) is -1.32. The van der Waals surface area contributed by atoms with Crippen LogP contribution in [0.5, 0.6) is 0 Å². The second kappa shape index (κ2) is 6.86. The molecule has 3 N–H and O–H groups in total. The molecule has 2 atom stereocenters. The minimum atomic E-state index is -0.825. The topological polar surface area (TPSA) is 70.6 Å². The predicted molar refractivity (Wildman–Crippen MR) is 72.0 cm³/mol. The molecule has 104 valence electrons. The summed E-state index contributed by atoms with van der Waals surface area (Å²) in [5, 5.41) is 16.2. The van der Waals surface area contributed by atoms with E-state index in [9.17, 15) is 9.90 Å². The molecule has 1 aliphatic heterocycles. The number of carbonyl (C=O) groups is 1. The summed E-state index contributed by atoms with van der Waals surface area (Å²) in [5.74, 6) is -0.224. The third-order valence-corrected chi connectivity index (χ3v) is 3.30. The van der Waals surface area contributed by atoms with Crippen molar-refractivity contribution in [1.29, 1.82) is 0 Å². The smallest absolute Gasteiger partial charge is 0.250 e. The minimum Gasteiger partial charge on any atom is -0.387 e. The largest absolute Gasteiger partial charge is 0.387 e. The highest BCUT2D eigenvalue weighted by Crippen LogP contribution is 2.21. The Morgan fingerprint density at radius 2 is 2.37 bits per heavy atom. The second-order valence-corrected chi connectivity index (χ2v) is 4.75. The first kappa shape index (κ1) is 14.3. The molecule has 0 aromatic heterocycles. The van der Waals surface area contributed by atoms with Gasteiger partial charge in [0.15, 0.2) is 0 Å². The van der Waals surface area contributed by atoms with Crippen molar-refractivity contribution in [2.75, 3.05) is 26.2 Å². The first-order valence-electron chi connectivity index (χ1n) is 6.21. The number of aliphatic hydroxyl groups is 1. The number of rotatable bonds is 4. The highest BCUT2D eigenvalue weighted by atomic mass is 35.5. The van der Waals surface area contributed by atoms with Crippen LogP contribution < -0.4 is 10.6 Å². The van der Waals surface area contributed by atoms with Crippen LogP contribution in [0.25, 0.3) is 0 Å². The number of morpholine rings is 1. The number of amides is 1. The van der Waals surface area contributed by atoms with E-state index >= 15 is 0 Å². The van der Waals surface area contributed by atoms with Crippen LogP contribution in [-0.4, -0.2) is 43.4 Å². The zero-order valence-electron chi connectivity index (χ0n) is 10.4. The molecule has 1 fully saturated rings. The highest BCUT2D eigenvalue weighted by molar-refractivity contribution is 6.31. The van der Waals surface area contributed by atoms with Gasteiger partial charge in [0.05, 0.1) is 12.7 Å². The lowest BCUT2D eigenvalue weighted by Crippen LogP contribution is -2.48. The Hall–Kier alpha value is -1.14. The van der Waals surface area contributed by atoms with Gasteiger partial charge in [-0.15, -0.1) is 0 Å². The molecule has 0 spiro atoms. The third kappa shape index (κ3) is 3.91. The van der Waals surface area contributed by atoms with Gasteiger partial charge < -0.3 is 20.5 Å². The lowest BCUT2D eigenvalue weighted by molar-refractivity contribution is -0.134. The Morgan fingerprint density at radius 3 is 3.05 bits per heavy atom. The van der Waals surface area contributed by atoms with E-state index in [0.29, 0.717) is 23.7 Å². The molecule has 1 aromatic rings. The van der Waals surface area contributed by atoms with Crippen LogP contribution in [0.1, 0.15) is 11.7 Å². The fraction of sp³-hybridized carbons (Fsp3) is 0.462. The van der Waals surface area contributed by atoms with Crippen molar-refractivity contribution in [3.05, 3.63) is 34.9 Å². The Balaban J connectivity index is 1.84. The molecular formula is C13H17ClN2O3. The number of benzene rings is 1. The summed E-state index contributed by atoms with van der Waals surface area (Å²) in [6.45, 7) is 1.88. The van der Waals surface area contributed by atoms with Crippen LogP contribution in [-0.2, 0) is 9.53 Å². The summed E-state index contributed by atoms with van der Waals surface area (Å²) >= 11 is 5.98. The fourth-order valence-corrected chi connectivity index (χ4v) is 2.16. The van der Waals surface area contributed by atoms with Gasteiger partial charge in [0.25, 0.3) is 5.91 Å². The monoisotopic (exact) mass is 284 g/mol. The predicted octanol–water partition coefficient (Wildman–Crippen LogP) is 0.478. The average Bonchev–Trinajstić information content (AvgIpc) is 2.46. The molecular weight excluding hydrogens is 268 g/mol. The Kier molecular flexibility index (Phi) is 5.15. The number of aliphatic hydroxyl groups excluding tert-OH is 1. The Bertz CT molecular complexity index is 436. The maximum atomic E-state index is 11.8. The molecule has 1 aliphatic rings. The molecule has 19 heavy (non-hydrogen) atoms. The molecule has 1 amide bonds. The summed E-state index contributed by atoms with van der Waals surface area (Å²) in [5.41, 5.74) is 0.604. The zero-order chi connectivity index (χ0) is 13.7. The quantitative estimate of drug-likeness (QED) is 0.752. The van der Waals surface area contributed by atoms with E-state index in [-0.39, 0.29) is 12.5 Å². The standard InChI is InChI=1S/C13H17ClN2O3/c14-10-4-2-1-3-9(10)11(17)7-16-13(18)12-8-15-5-6-19-12/h1-4,11-12,15,17H,5-8H2,(H,16,18). The van der Waals surface area contributed by atoms with Crippen molar-refractivity contribution < 1.29 is 14.6 Å². The summed E-state index contributed by atoms with van der Waals surface area (Å²) < 4.78 is 5.32. The Morgan fingerprint density at radius 1 is 1.58 bits per heavy atom. The minimum absolute atomic E-state index is 0.114. The van der Waals surface area contributed by atoms with Crippen molar-refractivity contribution in [3.8, 4) is 0 Å². The van der Waals surface area contributed by atoms with Crippen LogP contribution in [0, 0.1) is 0 Å². The van der Waals surface area contributed by atoms with Gasteiger partial charge >= 0.3 is 0 Å². The van der Waals surface area contributed by atoms with E-state index in [4.69, 9.17) is 16.3 Å². The van der Waals surface area contributed by atoms with Crippen molar-refractivity contribution >= 4 is 17.5 Å². The molecule has 1 saturated heterocycles. The molecule has 2 rings (SSSR count). The van der Waals surface area contributed by atoms with Gasteiger partial charge in [-0.25, -0.2) is 0 Å². The van der Waals surface area contributed by atoms with Crippen molar-refractivity contribution in [1.82, 2.24) is 10.6 Å². The van der Waals surface area contributed by atoms with Crippen molar-refractivity contribution in [2.45, 2.75) is 12.2 Å². The molecule has 0 radical (unpaired) electrons. The number of halogens is 1. The number of hydrogen-bond donors (Lipinski definition) is 3. The number of carbonyl (C=O) groups excluding carboxylic acids is 1. The maximum absolute atomic E-state index is 11.8. The molecule has 1 heterocycles. The van der Waals surface area contributed by atoms with E-state index in [1.807, 2.05) is 0 Å². The van der Waals surface area contributed by atoms with Crippen LogP contribution in [0.15, 0.2) is 24.3 Å². The van der Waals surface area contributed by atoms with Gasteiger partial charge in [0, 0.05) is 30.2 Å². The zero-order valence-corrected chi connectivity index (χ0v) is 11.2. The number of nitrogens with one attached hydrogen (secondary N) is 2. The lowest BCUT2D eigenvalue weighted by atomic mass is 10.1. The van der Waals surface area contributed by atoms with Gasteiger partial charge in [-0.3, -0.25) is 4.79 Å². The van der Waals surface area contributed by atoms with Gasteiger partial charge in [-0.05, 0) is 6.07 Å². The number of hydrogen-bond acceptors (Lipinski definition) is 4. The van der Waals surface area contributed by atoms with Crippen LogP contribution in [0.4, 0.5) is 0 Å². The van der Waals surface area contributed by atoms with Gasteiger partial charge in [0.1, 0.15) is 6.10 Å². The summed E-state index contributed by atoms with van der Waals surface area (Å²) in [6, 6.07) is 7.02. The van der Waals surface area contributed by atoms with E-state index in [1.165, 1.54) is 0 Å². The maximum Gasteiger partial charge on any atom is 0.250 e. The average molecular weight is 285 g/mol. The van der Waals surface area contributed by atoms with E-state index in [0.717, 1.165) is 6.54 Å². The molecule has 0 saturated carbocycles. The molecule has 5 nitrogen and oxygen atoms in total. The van der Waals surface area contributed by atoms with Gasteiger partial charge in [-0.2, -0.15) is 0 Å². The number of ether oxygens (including phenoxy) is 1. The highest BCUT2D eigenvalue weighted by Gasteiger charge is 2.22. The van der Waals surface area contributed by atoms with Crippen LogP contribution in [0.3, 0.4) is 0 Å². The summed E-state index contributed by atoms with van der Waals surface area (Å²) in [4.78, 5) is 11.8. The van der Waals surface area contributed by atoms with E-state index in [1.54, 1.807) is 24.3 Å². The molecule has 6 heteroatoms. The fourth-order valence-electron chi connectivity index (χ4n) is 1.90. The molecule has 2 unspecified atom stereocenters. The third-order valence-electron chi connectivity index (χ3n) is 2.95. The molecule has 0 aliphatic carbocycles. The van der Waals surface area contributed by atoms with Crippen molar-refractivity contribution in [3.63, 3.8) is 0 Å². The van der Waals surface area contributed by atoms with E-state index < -0.39 is 12.2 Å². The first-order valence-corrected chi connectivity index (χ1v) is 6.59. The van der Waals surface area contributed by atoms with Crippen LogP contribution >= 0.6 is 11.6 Å². The first-order chi connectivity index (χ1) is 9.18. The van der Waals surface area contributed by atoms with Gasteiger partial charge in [-0.1, -0.05) is 29.8 Å². The normalized spacial score (nSPS) is 20.8. The SMILES string of the molecule is O=C(NCC(O)c1ccccc1Cl)C1CNCCO1.